The Kier molecular flexibility index (Phi) is 5.29. The minimum atomic E-state index is -0.225. The molecule has 1 N–H and O–H groups in total. The van der Waals surface area contributed by atoms with Crippen molar-refractivity contribution in [3.05, 3.63) is 16.9 Å². The van der Waals surface area contributed by atoms with Gasteiger partial charge < -0.3 is 5.11 Å². The lowest BCUT2D eigenvalue weighted by Crippen LogP contribution is -2.12. The lowest BCUT2D eigenvalue weighted by atomic mass is 10.1. The molecule has 0 aliphatic rings. The maximum absolute atomic E-state index is 9.70. The van der Waals surface area contributed by atoms with Gasteiger partial charge in [0, 0.05) is 6.04 Å². The van der Waals surface area contributed by atoms with Crippen LogP contribution in [-0.4, -0.2) is 21.0 Å². The van der Waals surface area contributed by atoms with Gasteiger partial charge in [0.15, 0.2) is 0 Å². The predicted molar refractivity (Wildman–Crippen MR) is 66.9 cm³/mol. The molecule has 4 heteroatoms. The third-order valence-corrected chi connectivity index (χ3v) is 2.99. The van der Waals surface area contributed by atoms with Crippen molar-refractivity contribution in [3.8, 4) is 0 Å². The number of rotatable bonds is 6. The molecule has 0 amide bonds. The fourth-order valence-corrected chi connectivity index (χ4v) is 2.05. The summed E-state index contributed by atoms with van der Waals surface area (Å²) in [4.78, 5) is 0. The molecule has 16 heavy (non-hydrogen) atoms. The Morgan fingerprint density at radius 1 is 1.44 bits per heavy atom. The van der Waals surface area contributed by atoms with E-state index < -0.39 is 0 Å². The van der Waals surface area contributed by atoms with Gasteiger partial charge in [-0.15, -0.1) is 0 Å². The molecule has 3 nitrogen and oxygen atoms in total. The number of hydrogen-bond acceptors (Lipinski definition) is 2. The van der Waals surface area contributed by atoms with Crippen molar-refractivity contribution in [2.24, 2.45) is 0 Å². The molecule has 0 saturated heterocycles. The molecule has 0 aliphatic carbocycles. The van der Waals surface area contributed by atoms with E-state index in [4.69, 9.17) is 11.6 Å². The normalized spacial score (nSPS) is 13.4. The summed E-state index contributed by atoms with van der Waals surface area (Å²) in [6.45, 7) is 6.24. The molecule has 0 fully saturated rings. The minimum absolute atomic E-state index is 0.225. The molecule has 1 atom stereocenters. The van der Waals surface area contributed by atoms with Crippen molar-refractivity contribution < 1.29 is 5.11 Å². The predicted octanol–water partition coefficient (Wildman–Crippen LogP) is 3.21. The number of aliphatic hydroxyl groups excluding tert-OH is 1. The first-order valence-electron chi connectivity index (χ1n) is 5.96. The first-order chi connectivity index (χ1) is 7.56. The molecule has 1 aromatic rings. The number of nitrogens with zero attached hydrogens (tertiary/aromatic N) is 2. The highest BCUT2D eigenvalue weighted by atomic mass is 35.5. The Bertz CT molecular complexity index is 323. The van der Waals surface area contributed by atoms with E-state index in [9.17, 15) is 5.11 Å². The number of aromatic nitrogens is 2. The maximum Gasteiger partial charge on any atom is 0.0817 e. The van der Waals surface area contributed by atoms with Crippen molar-refractivity contribution in [3.63, 3.8) is 0 Å². The van der Waals surface area contributed by atoms with E-state index in [1.807, 2.05) is 4.68 Å². The van der Waals surface area contributed by atoms with Crippen LogP contribution in [0.15, 0.2) is 6.20 Å². The lowest BCUT2D eigenvalue weighted by molar-refractivity contribution is 0.153. The van der Waals surface area contributed by atoms with Gasteiger partial charge in [0.2, 0.25) is 0 Å². The molecule has 0 spiro atoms. The van der Waals surface area contributed by atoms with Gasteiger partial charge in [0.05, 0.1) is 23.0 Å². The van der Waals surface area contributed by atoms with Crippen LogP contribution in [0.5, 0.6) is 0 Å². The van der Waals surface area contributed by atoms with E-state index in [1.54, 1.807) is 6.20 Å². The summed E-state index contributed by atoms with van der Waals surface area (Å²) < 4.78 is 1.93. The Balaban J connectivity index is 2.62. The number of hydrogen-bond donors (Lipinski definition) is 1. The molecule has 0 aromatic carbocycles. The van der Waals surface area contributed by atoms with Crippen LogP contribution in [0, 0.1) is 0 Å². The quantitative estimate of drug-likeness (QED) is 0.835. The average molecular weight is 245 g/mol. The van der Waals surface area contributed by atoms with E-state index in [-0.39, 0.29) is 6.10 Å². The van der Waals surface area contributed by atoms with Gasteiger partial charge in [-0.25, -0.2) is 0 Å². The van der Waals surface area contributed by atoms with E-state index >= 15 is 0 Å². The van der Waals surface area contributed by atoms with Gasteiger partial charge in [0.25, 0.3) is 0 Å². The molecule has 92 valence electrons. The minimum Gasteiger partial charge on any atom is -0.393 e. The maximum atomic E-state index is 9.70. The van der Waals surface area contributed by atoms with Crippen LogP contribution in [0.1, 0.15) is 51.8 Å². The van der Waals surface area contributed by atoms with Gasteiger partial charge >= 0.3 is 0 Å². The first kappa shape index (κ1) is 13.5. The Morgan fingerprint density at radius 2 is 2.12 bits per heavy atom. The Labute approximate surface area is 102 Å². The highest BCUT2D eigenvalue weighted by Crippen LogP contribution is 2.21. The van der Waals surface area contributed by atoms with E-state index in [0.29, 0.717) is 11.1 Å². The molecular formula is C12H21ClN2O. The van der Waals surface area contributed by atoms with Crippen molar-refractivity contribution in [1.29, 1.82) is 0 Å². The topological polar surface area (TPSA) is 38.1 Å². The summed E-state index contributed by atoms with van der Waals surface area (Å²) >= 11 is 6.08. The second kappa shape index (κ2) is 6.26. The van der Waals surface area contributed by atoms with Crippen LogP contribution in [0.3, 0.4) is 0 Å². The van der Waals surface area contributed by atoms with Crippen molar-refractivity contribution in [1.82, 2.24) is 9.78 Å². The van der Waals surface area contributed by atoms with E-state index in [2.05, 4.69) is 25.9 Å². The van der Waals surface area contributed by atoms with Gasteiger partial charge in [-0.3, -0.25) is 4.68 Å². The zero-order valence-electron chi connectivity index (χ0n) is 10.3. The van der Waals surface area contributed by atoms with Gasteiger partial charge in [0.1, 0.15) is 0 Å². The number of halogens is 1. The van der Waals surface area contributed by atoms with Crippen molar-refractivity contribution >= 4 is 11.6 Å². The van der Waals surface area contributed by atoms with Crippen LogP contribution < -0.4 is 0 Å². The van der Waals surface area contributed by atoms with Gasteiger partial charge in [-0.1, -0.05) is 24.9 Å². The molecular weight excluding hydrogens is 224 g/mol. The standard InChI is InChI=1S/C12H21ClN2O/c1-4-5-10(16)6-7-12-11(13)8-14-15(12)9(2)3/h8-10,16H,4-7H2,1-3H3. The number of aliphatic hydroxyl groups is 1. The molecule has 1 aromatic heterocycles. The molecule has 1 heterocycles. The largest absolute Gasteiger partial charge is 0.393 e. The zero-order valence-corrected chi connectivity index (χ0v) is 11.0. The van der Waals surface area contributed by atoms with Crippen molar-refractivity contribution in [2.75, 3.05) is 0 Å². The highest BCUT2D eigenvalue weighted by molar-refractivity contribution is 6.31. The summed E-state index contributed by atoms with van der Waals surface area (Å²) in [7, 11) is 0. The SMILES string of the molecule is CCCC(O)CCc1c(Cl)cnn1C(C)C. The third-order valence-electron chi connectivity index (χ3n) is 2.67. The molecule has 1 rings (SSSR count). The Morgan fingerprint density at radius 3 is 2.69 bits per heavy atom. The van der Waals surface area contributed by atoms with Gasteiger partial charge in [-0.2, -0.15) is 5.10 Å². The summed E-state index contributed by atoms with van der Waals surface area (Å²) in [6, 6.07) is 0.311. The van der Waals surface area contributed by atoms with Crippen LogP contribution in [0.25, 0.3) is 0 Å². The molecule has 0 radical (unpaired) electrons. The average Bonchev–Trinajstić information content (AvgIpc) is 2.57. The summed E-state index contributed by atoms with van der Waals surface area (Å²) in [5.74, 6) is 0. The molecule has 0 bridgehead atoms. The second-order valence-electron chi connectivity index (χ2n) is 4.46. The fraction of sp³-hybridized carbons (Fsp3) is 0.750. The first-order valence-corrected chi connectivity index (χ1v) is 6.34. The van der Waals surface area contributed by atoms with Crippen LogP contribution in [-0.2, 0) is 6.42 Å². The summed E-state index contributed by atoms with van der Waals surface area (Å²) in [6.07, 6.45) is 4.87. The molecule has 0 saturated carbocycles. The Hall–Kier alpha value is -0.540. The van der Waals surface area contributed by atoms with Crippen LogP contribution in [0.4, 0.5) is 0 Å². The van der Waals surface area contributed by atoms with Crippen LogP contribution >= 0.6 is 11.6 Å². The third kappa shape index (κ3) is 3.49. The van der Waals surface area contributed by atoms with Gasteiger partial charge in [-0.05, 0) is 33.1 Å². The fourth-order valence-electron chi connectivity index (χ4n) is 1.83. The van der Waals surface area contributed by atoms with Crippen LogP contribution in [0.2, 0.25) is 5.02 Å². The zero-order chi connectivity index (χ0) is 12.1. The van der Waals surface area contributed by atoms with E-state index in [0.717, 1.165) is 31.4 Å². The summed E-state index contributed by atoms with van der Waals surface area (Å²) in [5, 5.41) is 14.6. The second-order valence-corrected chi connectivity index (χ2v) is 4.87. The smallest absolute Gasteiger partial charge is 0.0817 e. The summed E-state index contributed by atoms with van der Waals surface area (Å²) in [5.41, 5.74) is 1.03. The lowest BCUT2D eigenvalue weighted by Gasteiger charge is -2.13. The monoisotopic (exact) mass is 244 g/mol. The molecule has 1 unspecified atom stereocenters. The van der Waals surface area contributed by atoms with Crippen molar-refractivity contribution in [2.45, 2.75) is 58.6 Å². The van der Waals surface area contributed by atoms with E-state index in [1.165, 1.54) is 0 Å². The highest BCUT2D eigenvalue weighted by Gasteiger charge is 2.13. The molecule has 0 aliphatic heterocycles.